The third-order valence-corrected chi connectivity index (χ3v) is 6.46. The Kier molecular flexibility index (Phi) is 7.22. The van der Waals surface area contributed by atoms with Crippen molar-refractivity contribution in [3.63, 3.8) is 0 Å². The summed E-state index contributed by atoms with van der Waals surface area (Å²) in [6, 6.07) is 8.33. The second-order valence-electron chi connectivity index (χ2n) is 7.39. The third-order valence-electron chi connectivity index (χ3n) is 4.65. The Labute approximate surface area is 177 Å². The van der Waals surface area contributed by atoms with Gasteiger partial charge in [-0.25, -0.2) is 12.7 Å². The Balaban J connectivity index is 2.03. The molecular weight excluding hydrogens is 404 g/mol. The number of nitrogens with zero attached hydrogens (tertiary/aromatic N) is 1. The highest BCUT2D eigenvalue weighted by molar-refractivity contribution is 7.89. The first kappa shape index (κ1) is 23.4. The number of amides is 2. The lowest BCUT2D eigenvalue weighted by Crippen LogP contribution is -2.44. The number of anilines is 1. The van der Waals surface area contributed by atoms with Crippen molar-refractivity contribution in [2.24, 2.45) is 0 Å². The minimum absolute atomic E-state index is 0.00145. The van der Waals surface area contributed by atoms with Crippen molar-refractivity contribution in [3.05, 3.63) is 58.1 Å². The van der Waals surface area contributed by atoms with E-state index >= 15 is 0 Å². The van der Waals surface area contributed by atoms with Crippen LogP contribution in [0.5, 0.6) is 0 Å². The average molecular weight is 433 g/mol. The summed E-state index contributed by atoms with van der Waals surface area (Å²) < 4.78 is 25.7. The van der Waals surface area contributed by atoms with Crippen LogP contribution < -0.4 is 16.2 Å². The second-order valence-corrected chi connectivity index (χ2v) is 9.55. The Morgan fingerprint density at radius 2 is 1.50 bits per heavy atom. The van der Waals surface area contributed by atoms with Crippen LogP contribution in [0.1, 0.15) is 32.6 Å². The molecule has 0 aliphatic heterocycles. The standard InChI is InChI=1S/C21H28N4O4S/c1-13-9-15(3)20(16(4)10-13)22-12-19(26)23-24-21(27)18-11-17(8-7-14(18)2)30(28,29)25(5)6/h7-11,22H,12H2,1-6H3,(H,23,26)(H,24,27). The van der Waals surface area contributed by atoms with Crippen LogP contribution in [-0.4, -0.2) is 45.2 Å². The minimum Gasteiger partial charge on any atom is -0.376 e. The van der Waals surface area contributed by atoms with Crippen LogP contribution in [-0.2, 0) is 14.8 Å². The van der Waals surface area contributed by atoms with Crippen molar-refractivity contribution in [3.8, 4) is 0 Å². The first-order valence-corrected chi connectivity index (χ1v) is 10.8. The van der Waals surface area contributed by atoms with Crippen LogP contribution in [0, 0.1) is 27.7 Å². The minimum atomic E-state index is -3.68. The fourth-order valence-electron chi connectivity index (χ4n) is 3.08. The van der Waals surface area contributed by atoms with Gasteiger partial charge < -0.3 is 5.32 Å². The molecule has 162 valence electrons. The Morgan fingerprint density at radius 1 is 0.900 bits per heavy atom. The molecule has 0 bridgehead atoms. The molecule has 3 N–H and O–H groups in total. The molecule has 2 amide bonds. The van der Waals surface area contributed by atoms with Crippen LogP contribution in [0.3, 0.4) is 0 Å². The van der Waals surface area contributed by atoms with Gasteiger partial charge in [0.15, 0.2) is 0 Å². The second kappa shape index (κ2) is 9.27. The van der Waals surface area contributed by atoms with Gasteiger partial charge in [0.05, 0.1) is 11.4 Å². The normalized spacial score (nSPS) is 11.3. The molecule has 8 nitrogen and oxygen atoms in total. The third kappa shape index (κ3) is 5.37. The highest BCUT2D eigenvalue weighted by atomic mass is 32.2. The molecule has 30 heavy (non-hydrogen) atoms. The highest BCUT2D eigenvalue weighted by Gasteiger charge is 2.20. The molecule has 0 fully saturated rings. The molecule has 0 saturated carbocycles. The van der Waals surface area contributed by atoms with E-state index in [-0.39, 0.29) is 17.0 Å². The van der Waals surface area contributed by atoms with Gasteiger partial charge in [-0.1, -0.05) is 23.8 Å². The van der Waals surface area contributed by atoms with Gasteiger partial charge in [0.2, 0.25) is 10.0 Å². The molecule has 9 heteroatoms. The fourth-order valence-corrected chi connectivity index (χ4v) is 4.01. The number of carbonyl (C=O) groups is 2. The summed E-state index contributed by atoms with van der Waals surface area (Å²) in [7, 11) is -0.843. The molecule has 0 unspecified atom stereocenters. The number of hydrogen-bond acceptors (Lipinski definition) is 5. The van der Waals surface area contributed by atoms with E-state index in [0.717, 1.165) is 26.7 Å². The Bertz CT molecular complexity index is 1060. The van der Waals surface area contributed by atoms with E-state index in [2.05, 4.69) is 16.2 Å². The van der Waals surface area contributed by atoms with Gasteiger partial charge >= 0.3 is 0 Å². The molecule has 0 aliphatic carbocycles. The lowest BCUT2D eigenvalue weighted by atomic mass is 10.1. The van der Waals surface area contributed by atoms with Gasteiger partial charge in [0.1, 0.15) is 0 Å². The quantitative estimate of drug-likeness (QED) is 0.606. The van der Waals surface area contributed by atoms with Crippen molar-refractivity contribution in [1.82, 2.24) is 15.2 Å². The zero-order chi connectivity index (χ0) is 22.6. The van der Waals surface area contributed by atoms with Crippen molar-refractivity contribution in [1.29, 1.82) is 0 Å². The van der Waals surface area contributed by atoms with E-state index in [1.54, 1.807) is 13.0 Å². The van der Waals surface area contributed by atoms with E-state index in [1.807, 2.05) is 32.9 Å². The fraction of sp³-hybridized carbons (Fsp3) is 0.333. The number of hydrazine groups is 1. The summed E-state index contributed by atoms with van der Waals surface area (Å²) in [6.45, 7) is 7.58. The van der Waals surface area contributed by atoms with E-state index in [9.17, 15) is 18.0 Å². The van der Waals surface area contributed by atoms with Crippen molar-refractivity contribution in [2.75, 3.05) is 26.0 Å². The maximum atomic E-state index is 12.5. The lowest BCUT2D eigenvalue weighted by Gasteiger charge is -2.15. The monoisotopic (exact) mass is 432 g/mol. The lowest BCUT2D eigenvalue weighted by molar-refractivity contribution is -0.120. The van der Waals surface area contributed by atoms with Crippen LogP contribution in [0.15, 0.2) is 35.2 Å². The summed E-state index contributed by atoms with van der Waals surface area (Å²) in [4.78, 5) is 24.6. The van der Waals surface area contributed by atoms with Gasteiger partial charge in [-0.05, 0) is 56.5 Å². The molecule has 0 saturated heterocycles. The predicted octanol–water partition coefficient (Wildman–Crippen LogP) is 2.04. The number of aryl methyl sites for hydroxylation is 4. The van der Waals surface area contributed by atoms with Gasteiger partial charge in [-0.3, -0.25) is 20.4 Å². The maximum absolute atomic E-state index is 12.5. The van der Waals surface area contributed by atoms with Crippen LogP contribution >= 0.6 is 0 Å². The number of rotatable bonds is 6. The topological polar surface area (TPSA) is 108 Å². The molecule has 0 atom stereocenters. The highest BCUT2D eigenvalue weighted by Crippen LogP contribution is 2.21. The first-order valence-electron chi connectivity index (χ1n) is 9.37. The van der Waals surface area contributed by atoms with Crippen molar-refractivity contribution in [2.45, 2.75) is 32.6 Å². The summed E-state index contributed by atoms with van der Waals surface area (Å²) in [5.74, 6) is -1.03. The van der Waals surface area contributed by atoms with Crippen molar-refractivity contribution >= 4 is 27.5 Å². The van der Waals surface area contributed by atoms with Crippen LogP contribution in [0.25, 0.3) is 0 Å². The molecular formula is C21H28N4O4S. The molecule has 0 spiro atoms. The SMILES string of the molecule is Cc1cc(C)c(NCC(=O)NNC(=O)c2cc(S(=O)(=O)N(C)C)ccc2C)c(C)c1. The summed E-state index contributed by atoms with van der Waals surface area (Å²) >= 11 is 0. The zero-order valence-corrected chi connectivity index (χ0v) is 18.9. The summed E-state index contributed by atoms with van der Waals surface area (Å²) in [5, 5.41) is 3.08. The van der Waals surface area contributed by atoms with E-state index < -0.39 is 21.8 Å². The van der Waals surface area contributed by atoms with Crippen molar-refractivity contribution < 1.29 is 18.0 Å². The Morgan fingerprint density at radius 3 is 2.07 bits per heavy atom. The molecule has 0 radical (unpaired) electrons. The molecule has 0 aromatic heterocycles. The average Bonchev–Trinajstić information content (AvgIpc) is 2.65. The molecule has 0 heterocycles. The molecule has 2 rings (SSSR count). The smallest absolute Gasteiger partial charge is 0.269 e. The molecule has 2 aromatic carbocycles. The van der Waals surface area contributed by atoms with E-state index in [4.69, 9.17) is 0 Å². The Hall–Kier alpha value is -2.91. The van der Waals surface area contributed by atoms with Gasteiger partial charge in [0.25, 0.3) is 11.8 Å². The number of nitrogens with one attached hydrogen (secondary N) is 3. The van der Waals surface area contributed by atoms with Gasteiger partial charge in [-0.15, -0.1) is 0 Å². The number of sulfonamides is 1. The number of hydrogen-bond donors (Lipinski definition) is 3. The first-order chi connectivity index (χ1) is 13.9. The zero-order valence-electron chi connectivity index (χ0n) is 18.1. The molecule has 2 aromatic rings. The van der Waals surface area contributed by atoms with Crippen LogP contribution in [0.4, 0.5) is 5.69 Å². The molecule has 0 aliphatic rings. The largest absolute Gasteiger partial charge is 0.376 e. The van der Waals surface area contributed by atoms with Crippen LogP contribution in [0.2, 0.25) is 0 Å². The summed E-state index contributed by atoms with van der Waals surface area (Å²) in [6.07, 6.45) is 0. The maximum Gasteiger partial charge on any atom is 0.269 e. The van der Waals surface area contributed by atoms with Gasteiger partial charge in [-0.2, -0.15) is 0 Å². The summed E-state index contributed by atoms with van der Waals surface area (Å²) in [5.41, 5.74) is 9.50. The van der Waals surface area contributed by atoms with E-state index in [0.29, 0.717) is 5.56 Å². The van der Waals surface area contributed by atoms with E-state index in [1.165, 1.54) is 26.2 Å². The number of carbonyl (C=O) groups excluding carboxylic acids is 2. The predicted molar refractivity (Wildman–Crippen MR) is 117 cm³/mol. The van der Waals surface area contributed by atoms with Gasteiger partial charge in [0, 0.05) is 25.3 Å². The number of benzene rings is 2.